The first-order chi connectivity index (χ1) is 18.4. The number of ketones is 2. The second kappa shape index (κ2) is 12.5. The minimum Gasteiger partial charge on any atom is -0.504 e. The predicted octanol–water partition coefficient (Wildman–Crippen LogP) is 1.11. The largest absolute Gasteiger partial charge is 0.504 e. The molecule has 208 valence electrons. The van der Waals surface area contributed by atoms with Gasteiger partial charge in [0.05, 0.1) is 12.2 Å². The number of aromatic hydroxyl groups is 4. The van der Waals surface area contributed by atoms with Crippen LogP contribution in [0.25, 0.3) is 12.2 Å². The van der Waals surface area contributed by atoms with Gasteiger partial charge < -0.3 is 45.2 Å². The molecule has 1 aliphatic carbocycles. The zero-order valence-corrected chi connectivity index (χ0v) is 20.5. The van der Waals surface area contributed by atoms with Crippen LogP contribution >= 0.6 is 0 Å². The maximum absolute atomic E-state index is 12.2. The molecule has 0 aliphatic heterocycles. The van der Waals surface area contributed by atoms with Crippen molar-refractivity contribution in [2.75, 3.05) is 13.2 Å². The van der Waals surface area contributed by atoms with Crippen LogP contribution in [0.4, 0.5) is 0 Å². The van der Waals surface area contributed by atoms with E-state index in [4.69, 9.17) is 9.47 Å². The molecular weight excluding hydrogens is 516 g/mol. The summed E-state index contributed by atoms with van der Waals surface area (Å²) in [4.78, 5) is 36.4. The molecule has 0 radical (unpaired) electrons. The normalized spacial score (nSPS) is 23.3. The summed E-state index contributed by atoms with van der Waals surface area (Å²) in [5, 5.41) is 68.5. The summed E-state index contributed by atoms with van der Waals surface area (Å²) in [7, 11) is 0. The van der Waals surface area contributed by atoms with E-state index in [1.807, 2.05) is 0 Å². The number of carbonyl (C=O) groups is 3. The molecule has 0 bridgehead atoms. The Kier molecular flexibility index (Phi) is 9.43. The SMILES string of the molecule is O=C(C=Cc1ccc(O)c(O)c1)COC1C(O)CC(OCC(=O)C=Cc2ccc(O)c(O)c2)(C(=O)O)CC1O. The lowest BCUT2D eigenvalue weighted by Crippen LogP contribution is -2.58. The highest BCUT2D eigenvalue weighted by Crippen LogP contribution is 2.34. The number of phenols is 4. The molecule has 1 fully saturated rings. The zero-order valence-electron chi connectivity index (χ0n) is 20.5. The topological polar surface area (TPSA) is 211 Å². The van der Waals surface area contributed by atoms with Gasteiger partial charge in [-0.3, -0.25) is 9.59 Å². The van der Waals surface area contributed by atoms with Crippen molar-refractivity contribution in [1.82, 2.24) is 0 Å². The summed E-state index contributed by atoms with van der Waals surface area (Å²) in [6.07, 6.45) is -0.525. The number of aliphatic hydroxyl groups is 2. The second-order valence-electron chi connectivity index (χ2n) is 9.00. The molecule has 0 aromatic heterocycles. The van der Waals surface area contributed by atoms with Crippen LogP contribution in [0.2, 0.25) is 0 Å². The number of ether oxygens (including phenoxy) is 2. The van der Waals surface area contributed by atoms with E-state index in [1.54, 1.807) is 0 Å². The number of carbonyl (C=O) groups excluding carboxylic acids is 2. The predicted molar refractivity (Wildman–Crippen MR) is 135 cm³/mol. The Morgan fingerprint density at radius 3 is 1.67 bits per heavy atom. The molecule has 7 N–H and O–H groups in total. The number of rotatable bonds is 11. The lowest BCUT2D eigenvalue weighted by molar-refractivity contribution is -0.206. The summed E-state index contributed by atoms with van der Waals surface area (Å²) < 4.78 is 10.7. The van der Waals surface area contributed by atoms with Crippen LogP contribution in [-0.2, 0) is 23.9 Å². The lowest BCUT2D eigenvalue weighted by Gasteiger charge is -2.42. The number of hydrogen-bond donors (Lipinski definition) is 7. The van der Waals surface area contributed by atoms with Crippen LogP contribution in [-0.4, -0.2) is 90.4 Å². The van der Waals surface area contributed by atoms with E-state index in [-0.39, 0.29) is 23.0 Å². The molecule has 3 rings (SSSR count). The van der Waals surface area contributed by atoms with Gasteiger partial charge in [0.2, 0.25) is 0 Å². The number of hydrogen-bond acceptors (Lipinski definition) is 11. The monoisotopic (exact) mass is 544 g/mol. The van der Waals surface area contributed by atoms with Gasteiger partial charge in [-0.15, -0.1) is 0 Å². The van der Waals surface area contributed by atoms with Crippen LogP contribution in [0.5, 0.6) is 23.0 Å². The van der Waals surface area contributed by atoms with Gasteiger partial charge in [-0.2, -0.15) is 0 Å². The molecule has 2 aromatic rings. The van der Waals surface area contributed by atoms with Crippen LogP contribution in [0, 0.1) is 0 Å². The quantitative estimate of drug-likeness (QED) is 0.157. The van der Waals surface area contributed by atoms with Crippen LogP contribution in [0.1, 0.15) is 24.0 Å². The zero-order chi connectivity index (χ0) is 28.7. The first kappa shape index (κ1) is 29.3. The Balaban J connectivity index is 1.56. The third-order valence-electron chi connectivity index (χ3n) is 6.06. The first-order valence-electron chi connectivity index (χ1n) is 11.7. The van der Waals surface area contributed by atoms with Gasteiger partial charge in [-0.25, -0.2) is 4.79 Å². The number of benzene rings is 2. The fourth-order valence-electron chi connectivity index (χ4n) is 3.97. The molecule has 12 heteroatoms. The second-order valence-corrected chi connectivity index (χ2v) is 9.00. The molecule has 39 heavy (non-hydrogen) atoms. The van der Waals surface area contributed by atoms with E-state index in [0.29, 0.717) is 11.1 Å². The highest BCUT2D eigenvalue weighted by molar-refractivity contribution is 5.95. The van der Waals surface area contributed by atoms with Crippen molar-refractivity contribution >= 4 is 29.7 Å². The standard InChI is InChI=1S/C27H28O12/c28-17(5-1-15-3-7-19(30)21(32)9-15)13-38-25-23(34)11-27(26(36)37,12-24(25)35)39-14-18(29)6-2-16-4-8-20(31)22(33)10-16/h1-10,23-25,30-35H,11-14H2,(H,36,37). The number of phenolic OH excluding ortho intramolecular Hbond substituents is 4. The Hall–Kier alpha value is -4.23. The molecule has 2 unspecified atom stereocenters. The summed E-state index contributed by atoms with van der Waals surface area (Å²) in [6.45, 7) is -1.23. The number of aliphatic carboxylic acids is 1. The van der Waals surface area contributed by atoms with E-state index in [1.165, 1.54) is 48.6 Å². The van der Waals surface area contributed by atoms with Crippen molar-refractivity contribution in [2.24, 2.45) is 0 Å². The summed E-state index contributed by atoms with van der Waals surface area (Å²) in [5.41, 5.74) is -1.28. The number of carboxylic acid groups (broad SMARTS) is 1. The van der Waals surface area contributed by atoms with Crippen molar-refractivity contribution in [3.63, 3.8) is 0 Å². The minimum absolute atomic E-state index is 0.320. The summed E-state index contributed by atoms with van der Waals surface area (Å²) >= 11 is 0. The highest BCUT2D eigenvalue weighted by Gasteiger charge is 2.52. The van der Waals surface area contributed by atoms with E-state index >= 15 is 0 Å². The fraction of sp³-hybridized carbons (Fsp3) is 0.296. The average molecular weight is 545 g/mol. The van der Waals surface area contributed by atoms with Crippen molar-refractivity contribution in [2.45, 2.75) is 36.8 Å². The van der Waals surface area contributed by atoms with Gasteiger partial charge in [-0.05, 0) is 47.5 Å². The average Bonchev–Trinajstić information content (AvgIpc) is 2.88. The van der Waals surface area contributed by atoms with E-state index < -0.39 is 67.5 Å². The van der Waals surface area contributed by atoms with Gasteiger partial charge >= 0.3 is 5.97 Å². The van der Waals surface area contributed by atoms with Gasteiger partial charge in [0.1, 0.15) is 19.3 Å². The Morgan fingerprint density at radius 2 is 1.23 bits per heavy atom. The van der Waals surface area contributed by atoms with Crippen molar-refractivity contribution in [1.29, 1.82) is 0 Å². The van der Waals surface area contributed by atoms with Gasteiger partial charge in [0.15, 0.2) is 40.2 Å². The third kappa shape index (κ3) is 7.65. The van der Waals surface area contributed by atoms with Gasteiger partial charge in [-0.1, -0.05) is 24.3 Å². The Morgan fingerprint density at radius 1 is 0.769 bits per heavy atom. The molecular formula is C27H28O12. The van der Waals surface area contributed by atoms with Crippen molar-refractivity contribution < 1.29 is 59.6 Å². The molecule has 1 saturated carbocycles. The van der Waals surface area contributed by atoms with E-state index in [2.05, 4.69) is 0 Å². The molecule has 1 aliphatic rings. The highest BCUT2D eigenvalue weighted by atomic mass is 16.5. The van der Waals surface area contributed by atoms with E-state index in [0.717, 1.165) is 12.2 Å². The van der Waals surface area contributed by atoms with Crippen LogP contribution < -0.4 is 0 Å². The molecule has 2 aromatic carbocycles. The fourth-order valence-corrected chi connectivity index (χ4v) is 3.97. The number of carboxylic acids is 1. The Labute approximate surface area is 222 Å². The third-order valence-corrected chi connectivity index (χ3v) is 6.06. The lowest BCUT2D eigenvalue weighted by atomic mass is 9.79. The summed E-state index contributed by atoms with van der Waals surface area (Å²) in [5.74, 6) is -4.10. The van der Waals surface area contributed by atoms with Crippen molar-refractivity contribution in [3.8, 4) is 23.0 Å². The molecule has 0 saturated heterocycles. The maximum Gasteiger partial charge on any atom is 0.336 e. The van der Waals surface area contributed by atoms with Crippen LogP contribution in [0.15, 0.2) is 48.6 Å². The maximum atomic E-state index is 12.2. The van der Waals surface area contributed by atoms with E-state index in [9.17, 15) is 50.1 Å². The van der Waals surface area contributed by atoms with Gasteiger partial charge in [0.25, 0.3) is 0 Å². The molecule has 0 heterocycles. The van der Waals surface area contributed by atoms with Gasteiger partial charge in [0, 0.05) is 12.8 Å². The molecule has 2 atom stereocenters. The molecule has 12 nitrogen and oxygen atoms in total. The molecule has 0 amide bonds. The smallest absolute Gasteiger partial charge is 0.336 e. The number of aliphatic hydroxyl groups excluding tert-OH is 2. The molecule has 0 spiro atoms. The minimum atomic E-state index is -2.09. The summed E-state index contributed by atoms with van der Waals surface area (Å²) in [6, 6.07) is 7.81. The van der Waals surface area contributed by atoms with Crippen molar-refractivity contribution in [3.05, 3.63) is 59.7 Å². The van der Waals surface area contributed by atoms with Crippen LogP contribution in [0.3, 0.4) is 0 Å². The Bertz CT molecular complexity index is 1270. The first-order valence-corrected chi connectivity index (χ1v) is 11.7.